The minimum atomic E-state index is 0.0977. The third-order valence-electron chi connectivity index (χ3n) is 2.57. The van der Waals surface area contributed by atoms with Crippen molar-refractivity contribution in [2.24, 2.45) is 0 Å². The van der Waals surface area contributed by atoms with Crippen molar-refractivity contribution in [3.8, 4) is 0 Å². The lowest BCUT2D eigenvalue weighted by molar-refractivity contribution is 0.938. The molecule has 0 radical (unpaired) electrons. The summed E-state index contributed by atoms with van der Waals surface area (Å²) in [7, 11) is 0. The van der Waals surface area contributed by atoms with Crippen LogP contribution in [0.1, 0.15) is 26.3 Å². The van der Waals surface area contributed by atoms with E-state index in [-0.39, 0.29) is 5.38 Å². The highest BCUT2D eigenvalue weighted by Gasteiger charge is 2.10. The molecule has 0 aliphatic rings. The third kappa shape index (κ3) is 2.87. The Morgan fingerprint density at radius 1 is 1.19 bits per heavy atom. The number of alkyl halides is 1. The fourth-order valence-electron chi connectivity index (χ4n) is 1.77. The van der Waals surface area contributed by atoms with E-state index in [1.807, 2.05) is 0 Å². The number of aryl methyl sites for hydroxylation is 2. The lowest BCUT2D eigenvalue weighted by atomic mass is 10.1. The largest absolute Gasteiger partial charge is 0.144 e. The second-order valence-corrected chi connectivity index (χ2v) is 5.96. The van der Waals surface area contributed by atoms with Gasteiger partial charge < -0.3 is 0 Å². The third-order valence-corrected chi connectivity index (χ3v) is 4.20. The zero-order valence-electron chi connectivity index (χ0n) is 9.53. The Bertz CT molecular complexity index is 473. The monoisotopic (exact) mass is 250 g/mol. The van der Waals surface area contributed by atoms with Gasteiger partial charge in [0.2, 0.25) is 0 Å². The zero-order chi connectivity index (χ0) is 11.5. The number of halogens is 1. The van der Waals surface area contributed by atoms with Crippen molar-refractivity contribution in [3.05, 3.63) is 57.3 Å². The molecule has 2 aromatic rings. The predicted molar refractivity (Wildman–Crippen MR) is 72.5 cm³/mol. The van der Waals surface area contributed by atoms with Gasteiger partial charge in [0.25, 0.3) is 0 Å². The topological polar surface area (TPSA) is 0 Å². The first kappa shape index (κ1) is 11.7. The molecule has 0 fully saturated rings. The summed E-state index contributed by atoms with van der Waals surface area (Å²) in [5.41, 5.74) is 2.61. The molecule has 0 nitrogen and oxygen atoms in total. The van der Waals surface area contributed by atoms with Crippen molar-refractivity contribution >= 4 is 22.9 Å². The molecule has 1 unspecified atom stereocenters. The quantitative estimate of drug-likeness (QED) is 0.681. The van der Waals surface area contributed by atoms with Crippen LogP contribution in [0.25, 0.3) is 0 Å². The zero-order valence-corrected chi connectivity index (χ0v) is 11.1. The first-order chi connectivity index (χ1) is 7.65. The molecular formula is C14H15ClS. The molecule has 2 heteroatoms. The van der Waals surface area contributed by atoms with Crippen molar-refractivity contribution in [2.45, 2.75) is 25.6 Å². The summed E-state index contributed by atoms with van der Waals surface area (Å²) in [6, 6.07) is 12.8. The minimum Gasteiger partial charge on any atom is -0.144 e. The Balaban J connectivity index is 2.10. The van der Waals surface area contributed by atoms with Crippen molar-refractivity contribution in [2.75, 3.05) is 0 Å². The van der Waals surface area contributed by atoms with Crippen molar-refractivity contribution in [1.82, 2.24) is 0 Å². The number of rotatable bonds is 3. The van der Waals surface area contributed by atoms with Crippen LogP contribution in [-0.4, -0.2) is 0 Å². The average Bonchev–Trinajstić information content (AvgIpc) is 2.65. The van der Waals surface area contributed by atoms with E-state index < -0.39 is 0 Å². The first-order valence-electron chi connectivity index (χ1n) is 5.41. The number of thiophene rings is 1. The van der Waals surface area contributed by atoms with Gasteiger partial charge in [-0.05, 0) is 38.0 Å². The lowest BCUT2D eigenvalue weighted by Crippen LogP contribution is -1.93. The summed E-state index contributed by atoms with van der Waals surface area (Å²) < 4.78 is 0. The summed E-state index contributed by atoms with van der Waals surface area (Å²) in [5, 5.41) is 0.0977. The molecule has 0 aliphatic carbocycles. The maximum absolute atomic E-state index is 6.42. The standard InChI is InChI=1S/C14H15ClS/c1-10-4-3-5-12(8-10)9-13(15)14-7-6-11(2)16-14/h3-8,13H,9H2,1-2H3. The normalized spacial score (nSPS) is 12.7. The minimum absolute atomic E-state index is 0.0977. The van der Waals surface area contributed by atoms with E-state index in [4.69, 9.17) is 11.6 Å². The van der Waals surface area contributed by atoms with Gasteiger partial charge in [0.1, 0.15) is 0 Å². The molecule has 1 heterocycles. The van der Waals surface area contributed by atoms with Gasteiger partial charge in [-0.15, -0.1) is 22.9 Å². The van der Waals surface area contributed by atoms with Gasteiger partial charge in [-0.2, -0.15) is 0 Å². The molecule has 16 heavy (non-hydrogen) atoms. The maximum Gasteiger partial charge on any atom is 0.0718 e. The fourth-order valence-corrected chi connectivity index (χ4v) is 3.01. The van der Waals surface area contributed by atoms with Crippen LogP contribution in [0, 0.1) is 13.8 Å². The average molecular weight is 251 g/mol. The lowest BCUT2D eigenvalue weighted by Gasteiger charge is -2.07. The highest BCUT2D eigenvalue weighted by molar-refractivity contribution is 7.12. The van der Waals surface area contributed by atoms with E-state index in [0.29, 0.717) is 0 Å². The highest BCUT2D eigenvalue weighted by atomic mass is 35.5. The van der Waals surface area contributed by atoms with E-state index >= 15 is 0 Å². The van der Waals surface area contributed by atoms with Crippen molar-refractivity contribution < 1.29 is 0 Å². The van der Waals surface area contributed by atoms with Crippen LogP contribution in [0.2, 0.25) is 0 Å². The Kier molecular flexibility index (Phi) is 3.67. The maximum atomic E-state index is 6.42. The van der Waals surface area contributed by atoms with Gasteiger partial charge in [-0.1, -0.05) is 29.8 Å². The summed E-state index contributed by atoms with van der Waals surface area (Å²) >= 11 is 8.20. The Hall–Kier alpha value is -0.790. The fraction of sp³-hybridized carbons (Fsp3) is 0.286. The number of hydrogen-bond donors (Lipinski definition) is 0. The van der Waals surface area contributed by atoms with E-state index in [1.54, 1.807) is 11.3 Å². The molecule has 0 amide bonds. The van der Waals surface area contributed by atoms with Gasteiger partial charge in [0, 0.05) is 9.75 Å². The molecule has 1 aromatic heterocycles. The summed E-state index contributed by atoms with van der Waals surface area (Å²) in [5.74, 6) is 0. The molecule has 0 aliphatic heterocycles. The van der Waals surface area contributed by atoms with E-state index in [9.17, 15) is 0 Å². The van der Waals surface area contributed by atoms with Crippen LogP contribution in [0.3, 0.4) is 0 Å². The van der Waals surface area contributed by atoms with Crippen LogP contribution in [0.15, 0.2) is 36.4 Å². The molecule has 2 rings (SSSR count). The van der Waals surface area contributed by atoms with Crippen LogP contribution in [-0.2, 0) is 6.42 Å². The summed E-state index contributed by atoms with van der Waals surface area (Å²) in [6.07, 6.45) is 0.906. The molecule has 1 atom stereocenters. The van der Waals surface area contributed by atoms with E-state index in [0.717, 1.165) is 6.42 Å². The van der Waals surface area contributed by atoms with Gasteiger partial charge >= 0.3 is 0 Å². The van der Waals surface area contributed by atoms with Gasteiger partial charge in [-0.25, -0.2) is 0 Å². The van der Waals surface area contributed by atoms with Crippen LogP contribution < -0.4 is 0 Å². The number of benzene rings is 1. The second kappa shape index (κ2) is 5.03. The SMILES string of the molecule is Cc1cccc(CC(Cl)c2ccc(C)s2)c1. The van der Waals surface area contributed by atoms with Crippen LogP contribution >= 0.6 is 22.9 Å². The summed E-state index contributed by atoms with van der Waals surface area (Å²) in [4.78, 5) is 2.59. The smallest absolute Gasteiger partial charge is 0.0718 e. The Morgan fingerprint density at radius 3 is 2.62 bits per heavy atom. The molecule has 84 valence electrons. The van der Waals surface area contributed by atoms with Crippen molar-refractivity contribution in [3.63, 3.8) is 0 Å². The van der Waals surface area contributed by atoms with E-state index in [1.165, 1.54) is 20.9 Å². The predicted octanol–water partition coefficient (Wildman–Crippen LogP) is 4.89. The molecular weight excluding hydrogens is 236 g/mol. The number of hydrogen-bond acceptors (Lipinski definition) is 1. The van der Waals surface area contributed by atoms with Crippen LogP contribution in [0.4, 0.5) is 0 Å². The Labute approximate surface area is 106 Å². The molecule has 0 bridgehead atoms. The van der Waals surface area contributed by atoms with Gasteiger partial charge in [0.15, 0.2) is 0 Å². The molecule has 0 saturated carbocycles. The van der Waals surface area contributed by atoms with Gasteiger partial charge in [-0.3, -0.25) is 0 Å². The van der Waals surface area contributed by atoms with Crippen LogP contribution in [0.5, 0.6) is 0 Å². The molecule has 0 spiro atoms. The molecule has 0 N–H and O–H groups in total. The first-order valence-corrected chi connectivity index (χ1v) is 6.66. The molecule has 1 aromatic carbocycles. The van der Waals surface area contributed by atoms with E-state index in [2.05, 4.69) is 50.2 Å². The Morgan fingerprint density at radius 2 is 2.00 bits per heavy atom. The second-order valence-electron chi connectivity index (χ2n) is 4.11. The highest BCUT2D eigenvalue weighted by Crippen LogP contribution is 2.30. The summed E-state index contributed by atoms with van der Waals surface area (Å²) in [6.45, 7) is 4.23. The molecule has 0 saturated heterocycles. The van der Waals surface area contributed by atoms with Crippen molar-refractivity contribution in [1.29, 1.82) is 0 Å². The van der Waals surface area contributed by atoms with Gasteiger partial charge in [0.05, 0.1) is 5.38 Å².